The molecule has 1 atom stereocenters. The summed E-state index contributed by atoms with van der Waals surface area (Å²) in [5.41, 5.74) is 3.07. The first kappa shape index (κ1) is 19.4. The van der Waals surface area contributed by atoms with Gasteiger partial charge in [0.05, 0.1) is 11.3 Å². The summed E-state index contributed by atoms with van der Waals surface area (Å²) < 4.78 is 10.7. The number of amides is 3. The Hall–Kier alpha value is -4.33. The number of hydrogen-bond acceptors (Lipinski definition) is 5. The number of rotatable bonds is 4. The minimum Gasteiger partial charge on any atom is -0.454 e. The topological polar surface area (TPSA) is 88.2 Å². The normalized spacial score (nSPS) is 17.5. The Labute approximate surface area is 189 Å². The summed E-state index contributed by atoms with van der Waals surface area (Å²) >= 11 is 0. The van der Waals surface area contributed by atoms with Gasteiger partial charge >= 0.3 is 0 Å². The van der Waals surface area contributed by atoms with E-state index in [2.05, 4.69) is 5.32 Å². The van der Waals surface area contributed by atoms with Gasteiger partial charge in [-0.2, -0.15) is 0 Å². The SMILES string of the molecule is O=C(CN1C(=O)c2ccccc2N2C(=O)c3ccccc3[C@@H]12)NCc1ccc2c(c1)OCO2. The molecule has 0 fully saturated rings. The molecule has 3 amide bonds. The summed E-state index contributed by atoms with van der Waals surface area (Å²) in [5.74, 6) is 0.529. The summed E-state index contributed by atoms with van der Waals surface area (Å²) in [6, 6.07) is 19.7. The number of nitrogens with zero attached hydrogens (tertiary/aromatic N) is 2. The second kappa shape index (κ2) is 7.37. The summed E-state index contributed by atoms with van der Waals surface area (Å²) in [4.78, 5) is 42.5. The number of carbonyl (C=O) groups excluding carboxylic acids is 3. The van der Waals surface area contributed by atoms with Gasteiger partial charge < -0.3 is 19.7 Å². The van der Waals surface area contributed by atoms with Crippen LogP contribution in [0.2, 0.25) is 0 Å². The number of carbonyl (C=O) groups is 3. The molecular weight excluding hydrogens is 422 g/mol. The van der Waals surface area contributed by atoms with E-state index in [1.807, 2.05) is 24.3 Å². The molecule has 0 bridgehead atoms. The maximum Gasteiger partial charge on any atom is 0.260 e. The highest BCUT2D eigenvalue weighted by Gasteiger charge is 2.48. The number of para-hydroxylation sites is 1. The highest BCUT2D eigenvalue weighted by molar-refractivity contribution is 6.17. The van der Waals surface area contributed by atoms with Crippen molar-refractivity contribution in [2.75, 3.05) is 18.2 Å². The van der Waals surface area contributed by atoms with Crippen molar-refractivity contribution in [3.05, 3.63) is 89.0 Å². The third kappa shape index (κ3) is 3.02. The molecule has 164 valence electrons. The van der Waals surface area contributed by atoms with Crippen LogP contribution in [0.3, 0.4) is 0 Å². The van der Waals surface area contributed by atoms with Crippen LogP contribution in [0.5, 0.6) is 11.5 Å². The van der Waals surface area contributed by atoms with Crippen molar-refractivity contribution >= 4 is 23.4 Å². The number of nitrogens with one attached hydrogen (secondary N) is 1. The monoisotopic (exact) mass is 441 g/mol. The molecule has 0 saturated heterocycles. The van der Waals surface area contributed by atoms with Crippen LogP contribution in [0, 0.1) is 0 Å². The first-order valence-electron chi connectivity index (χ1n) is 10.6. The van der Waals surface area contributed by atoms with Crippen molar-refractivity contribution < 1.29 is 23.9 Å². The molecule has 6 rings (SSSR count). The van der Waals surface area contributed by atoms with Crippen molar-refractivity contribution in [2.45, 2.75) is 12.7 Å². The summed E-state index contributed by atoms with van der Waals surface area (Å²) in [6.07, 6.45) is -0.660. The van der Waals surface area contributed by atoms with Gasteiger partial charge in [0.2, 0.25) is 12.7 Å². The van der Waals surface area contributed by atoms with Crippen molar-refractivity contribution in [1.82, 2.24) is 10.2 Å². The van der Waals surface area contributed by atoms with Gasteiger partial charge in [-0.15, -0.1) is 0 Å². The number of benzene rings is 3. The molecule has 0 aliphatic carbocycles. The third-order valence-electron chi connectivity index (χ3n) is 6.12. The van der Waals surface area contributed by atoms with Crippen LogP contribution in [-0.2, 0) is 11.3 Å². The van der Waals surface area contributed by atoms with E-state index in [1.165, 1.54) is 4.90 Å². The van der Waals surface area contributed by atoms with Crippen molar-refractivity contribution in [3.63, 3.8) is 0 Å². The lowest BCUT2D eigenvalue weighted by Crippen LogP contribution is -2.51. The predicted molar refractivity (Wildman–Crippen MR) is 118 cm³/mol. The van der Waals surface area contributed by atoms with Crippen LogP contribution < -0.4 is 19.7 Å². The fourth-order valence-electron chi connectivity index (χ4n) is 4.60. The standard InChI is InChI=1S/C25H19N3O5/c29-22(26-12-15-9-10-20-21(11-15)33-14-32-20)13-27-23-16-5-1-2-6-17(16)25(31)28(23)19-8-4-3-7-18(19)24(27)30/h1-11,23H,12-14H2,(H,26,29)/t23-/m0/s1. The Balaban J connectivity index is 1.27. The molecule has 0 spiro atoms. The molecular formula is C25H19N3O5. The fourth-order valence-corrected chi connectivity index (χ4v) is 4.60. The van der Waals surface area contributed by atoms with Crippen LogP contribution in [0.15, 0.2) is 66.7 Å². The van der Waals surface area contributed by atoms with Gasteiger partial charge in [0.15, 0.2) is 11.5 Å². The average molecular weight is 441 g/mol. The second-order valence-electron chi connectivity index (χ2n) is 8.05. The van der Waals surface area contributed by atoms with Crippen molar-refractivity contribution in [1.29, 1.82) is 0 Å². The molecule has 33 heavy (non-hydrogen) atoms. The van der Waals surface area contributed by atoms with E-state index in [1.54, 1.807) is 47.4 Å². The lowest BCUT2D eigenvalue weighted by atomic mass is 10.0. The highest BCUT2D eigenvalue weighted by Crippen LogP contribution is 2.44. The van der Waals surface area contributed by atoms with Gasteiger partial charge in [-0.05, 0) is 35.9 Å². The van der Waals surface area contributed by atoms with E-state index >= 15 is 0 Å². The lowest BCUT2D eigenvalue weighted by molar-refractivity contribution is -0.122. The Morgan fingerprint density at radius 1 is 0.909 bits per heavy atom. The highest BCUT2D eigenvalue weighted by atomic mass is 16.7. The number of hydrogen-bond donors (Lipinski definition) is 1. The molecule has 0 radical (unpaired) electrons. The number of anilines is 1. The van der Waals surface area contributed by atoms with Crippen molar-refractivity contribution in [3.8, 4) is 11.5 Å². The molecule has 3 heterocycles. The Morgan fingerprint density at radius 2 is 1.67 bits per heavy atom. The summed E-state index contributed by atoms with van der Waals surface area (Å²) in [6.45, 7) is 0.278. The molecule has 1 N–H and O–H groups in total. The Morgan fingerprint density at radius 3 is 2.55 bits per heavy atom. The molecule has 0 saturated carbocycles. The van der Waals surface area contributed by atoms with Gasteiger partial charge in [-0.3, -0.25) is 19.3 Å². The van der Waals surface area contributed by atoms with Gasteiger partial charge in [-0.1, -0.05) is 36.4 Å². The minimum absolute atomic E-state index is 0.179. The fraction of sp³-hybridized carbons (Fsp3) is 0.160. The van der Waals surface area contributed by atoms with Crippen LogP contribution in [0.4, 0.5) is 5.69 Å². The molecule has 0 aromatic heterocycles. The maximum absolute atomic E-state index is 13.4. The quantitative estimate of drug-likeness (QED) is 0.673. The molecule has 3 aromatic rings. The average Bonchev–Trinajstić information content (AvgIpc) is 3.43. The van der Waals surface area contributed by atoms with Crippen LogP contribution >= 0.6 is 0 Å². The van der Waals surface area contributed by atoms with Crippen molar-refractivity contribution in [2.24, 2.45) is 0 Å². The zero-order valence-corrected chi connectivity index (χ0v) is 17.5. The second-order valence-corrected chi connectivity index (χ2v) is 8.05. The number of ether oxygens (including phenoxy) is 2. The zero-order chi connectivity index (χ0) is 22.5. The molecule has 0 unspecified atom stereocenters. The molecule has 8 heteroatoms. The van der Waals surface area contributed by atoms with E-state index in [4.69, 9.17) is 9.47 Å². The summed E-state index contributed by atoms with van der Waals surface area (Å²) in [5, 5.41) is 2.86. The summed E-state index contributed by atoms with van der Waals surface area (Å²) in [7, 11) is 0. The van der Waals surface area contributed by atoms with Crippen LogP contribution in [-0.4, -0.2) is 36.0 Å². The van der Waals surface area contributed by atoms with E-state index in [-0.39, 0.29) is 37.6 Å². The Kier molecular flexibility index (Phi) is 4.33. The first-order valence-corrected chi connectivity index (χ1v) is 10.6. The Bertz CT molecular complexity index is 1320. The van der Waals surface area contributed by atoms with Gasteiger partial charge in [0.25, 0.3) is 11.8 Å². The molecule has 3 aromatic carbocycles. The smallest absolute Gasteiger partial charge is 0.260 e. The number of fused-ring (bicyclic) bond motifs is 6. The van der Waals surface area contributed by atoms with Gasteiger partial charge in [0.1, 0.15) is 12.7 Å². The molecule has 8 nitrogen and oxygen atoms in total. The van der Waals surface area contributed by atoms with Gasteiger partial charge in [-0.25, -0.2) is 0 Å². The maximum atomic E-state index is 13.4. The first-order chi connectivity index (χ1) is 16.1. The van der Waals surface area contributed by atoms with E-state index < -0.39 is 6.17 Å². The molecule has 3 aliphatic rings. The van der Waals surface area contributed by atoms with Gasteiger partial charge in [0, 0.05) is 17.7 Å². The largest absolute Gasteiger partial charge is 0.454 e. The van der Waals surface area contributed by atoms with E-state index in [0.29, 0.717) is 33.9 Å². The van der Waals surface area contributed by atoms with E-state index in [0.717, 1.165) is 5.56 Å². The predicted octanol–water partition coefficient (Wildman–Crippen LogP) is 2.85. The minimum atomic E-state index is -0.660. The third-order valence-corrected chi connectivity index (χ3v) is 6.12. The van der Waals surface area contributed by atoms with Crippen LogP contribution in [0.25, 0.3) is 0 Å². The zero-order valence-electron chi connectivity index (χ0n) is 17.5. The van der Waals surface area contributed by atoms with Crippen LogP contribution in [0.1, 0.15) is 38.0 Å². The van der Waals surface area contributed by atoms with E-state index in [9.17, 15) is 14.4 Å². The molecule has 3 aliphatic heterocycles. The lowest BCUT2D eigenvalue weighted by Gasteiger charge is -2.40.